The minimum atomic E-state index is -1.19. The Morgan fingerprint density at radius 3 is 2.41 bits per heavy atom. The van der Waals surface area contributed by atoms with Crippen LogP contribution in [0.25, 0.3) is 11.7 Å². The van der Waals surface area contributed by atoms with E-state index in [4.69, 9.17) is 4.98 Å². The molecule has 0 aromatic carbocycles. The van der Waals surface area contributed by atoms with Crippen molar-refractivity contribution in [3.05, 3.63) is 57.0 Å². The number of carboxylic acid groups (broad SMARTS) is 1. The summed E-state index contributed by atoms with van der Waals surface area (Å²) in [7, 11) is 6.40. The first-order valence-corrected chi connectivity index (χ1v) is 15.6. The Bertz CT molecular complexity index is 1620. The van der Waals surface area contributed by atoms with Crippen LogP contribution in [-0.4, -0.2) is 101 Å². The third kappa shape index (κ3) is 8.29. The molecule has 0 spiro atoms. The lowest BCUT2D eigenvalue weighted by Gasteiger charge is -2.36. The number of aromatic nitrogens is 3. The first-order valence-electron chi connectivity index (χ1n) is 14.7. The molecule has 44 heavy (non-hydrogen) atoms. The van der Waals surface area contributed by atoms with Crippen molar-refractivity contribution >= 4 is 51.8 Å². The van der Waals surface area contributed by atoms with Gasteiger partial charge in [-0.25, -0.2) is 14.8 Å². The molecule has 236 valence electrons. The second-order valence-corrected chi connectivity index (χ2v) is 13.9. The van der Waals surface area contributed by atoms with E-state index in [2.05, 4.69) is 31.4 Å². The standard InChI is InChI=1S/C31H41N7O5S/c1-31(2,3)23-20-44-30(32-23)34-28(42)21-12-13-37-24(19-21)33-27(22(29(37)43)10-11-26(40)41)36-16-14-35(15-17-36)25(39)9-7-8-18-38(4,5)6/h10-13,19-20H,7-9,14-18H2,1-6H3,(H-,32,34,40,41,42)/p+1. The van der Waals surface area contributed by atoms with Crippen LogP contribution in [0.5, 0.6) is 0 Å². The molecule has 1 saturated heterocycles. The molecule has 2 amide bonds. The van der Waals surface area contributed by atoms with Crippen molar-refractivity contribution in [2.24, 2.45) is 0 Å². The number of carboxylic acids is 1. The van der Waals surface area contributed by atoms with Crippen molar-refractivity contribution in [1.29, 1.82) is 0 Å². The summed E-state index contributed by atoms with van der Waals surface area (Å²) in [6.07, 6.45) is 5.91. The lowest BCUT2D eigenvalue weighted by molar-refractivity contribution is -0.870. The Morgan fingerprint density at radius 1 is 1.09 bits per heavy atom. The summed E-state index contributed by atoms with van der Waals surface area (Å²) in [5.74, 6) is -1.16. The summed E-state index contributed by atoms with van der Waals surface area (Å²) < 4.78 is 2.15. The molecule has 4 rings (SSSR count). The number of rotatable bonds is 10. The number of carbonyl (C=O) groups is 3. The normalized spacial score (nSPS) is 14.4. The van der Waals surface area contributed by atoms with E-state index in [0.29, 0.717) is 49.1 Å². The summed E-state index contributed by atoms with van der Waals surface area (Å²) in [4.78, 5) is 63.7. The topological polar surface area (TPSA) is 137 Å². The van der Waals surface area contributed by atoms with E-state index < -0.39 is 11.5 Å². The van der Waals surface area contributed by atoms with Gasteiger partial charge in [0.05, 0.1) is 38.9 Å². The number of aliphatic carboxylic acids is 1. The predicted molar refractivity (Wildman–Crippen MR) is 172 cm³/mol. The highest BCUT2D eigenvalue weighted by atomic mass is 32.1. The summed E-state index contributed by atoms with van der Waals surface area (Å²) in [5.41, 5.74) is 0.929. The molecule has 1 aliphatic heterocycles. The van der Waals surface area contributed by atoms with Gasteiger partial charge in [0.1, 0.15) is 11.5 Å². The lowest BCUT2D eigenvalue weighted by atomic mass is 9.93. The molecule has 3 aromatic rings. The van der Waals surface area contributed by atoms with Gasteiger partial charge in [-0.3, -0.25) is 24.1 Å². The highest BCUT2D eigenvalue weighted by Gasteiger charge is 2.25. The first kappa shape index (κ1) is 32.8. The van der Waals surface area contributed by atoms with E-state index >= 15 is 0 Å². The van der Waals surface area contributed by atoms with Gasteiger partial charge in [0.15, 0.2) is 5.13 Å². The van der Waals surface area contributed by atoms with Crippen LogP contribution in [0.1, 0.15) is 61.6 Å². The number of carbonyl (C=O) groups excluding carboxylic acids is 2. The van der Waals surface area contributed by atoms with Crippen LogP contribution in [0.3, 0.4) is 0 Å². The van der Waals surface area contributed by atoms with E-state index in [1.165, 1.54) is 40.1 Å². The zero-order valence-electron chi connectivity index (χ0n) is 26.3. The Labute approximate surface area is 261 Å². The molecule has 0 saturated carbocycles. The van der Waals surface area contributed by atoms with Gasteiger partial charge in [-0.05, 0) is 31.1 Å². The van der Waals surface area contributed by atoms with Gasteiger partial charge in [-0.1, -0.05) is 20.8 Å². The number of pyridine rings is 1. The molecule has 3 aromatic heterocycles. The molecule has 0 bridgehead atoms. The smallest absolute Gasteiger partial charge is 0.328 e. The van der Waals surface area contributed by atoms with Crippen molar-refractivity contribution in [1.82, 2.24) is 19.3 Å². The van der Waals surface area contributed by atoms with Crippen molar-refractivity contribution in [2.75, 3.05) is 64.1 Å². The molecule has 12 nitrogen and oxygen atoms in total. The number of thiazole rings is 1. The van der Waals surface area contributed by atoms with Crippen molar-refractivity contribution in [3.8, 4) is 0 Å². The molecule has 1 aliphatic rings. The minimum Gasteiger partial charge on any atom is -0.478 e. The number of nitrogens with one attached hydrogen (secondary N) is 1. The minimum absolute atomic E-state index is 0.106. The molecule has 1 fully saturated rings. The third-order valence-electron chi connectivity index (χ3n) is 7.39. The first-order chi connectivity index (χ1) is 20.6. The average Bonchev–Trinajstić information content (AvgIpc) is 3.43. The fraction of sp³-hybridized carbons (Fsp3) is 0.484. The molecule has 2 N–H and O–H groups in total. The Morgan fingerprint density at radius 2 is 1.80 bits per heavy atom. The zero-order chi connectivity index (χ0) is 32.2. The summed E-state index contributed by atoms with van der Waals surface area (Å²) in [5, 5.41) is 14.5. The Balaban J connectivity index is 1.55. The van der Waals surface area contributed by atoms with Gasteiger partial charge in [0.2, 0.25) is 5.91 Å². The summed E-state index contributed by atoms with van der Waals surface area (Å²) in [6, 6.07) is 3.04. The maximum Gasteiger partial charge on any atom is 0.328 e. The van der Waals surface area contributed by atoms with Crippen LogP contribution in [0, 0.1) is 0 Å². The zero-order valence-corrected chi connectivity index (χ0v) is 27.1. The lowest BCUT2D eigenvalue weighted by Crippen LogP contribution is -2.49. The molecule has 0 aliphatic carbocycles. The number of unbranched alkanes of at least 4 members (excludes halogenated alkanes) is 1. The van der Waals surface area contributed by atoms with Gasteiger partial charge in [0, 0.05) is 61.2 Å². The van der Waals surface area contributed by atoms with Gasteiger partial charge in [-0.15, -0.1) is 11.3 Å². The van der Waals surface area contributed by atoms with Gasteiger partial charge in [0.25, 0.3) is 11.5 Å². The summed E-state index contributed by atoms with van der Waals surface area (Å²) >= 11 is 1.34. The van der Waals surface area contributed by atoms with Gasteiger partial charge in [-0.2, -0.15) is 0 Å². The van der Waals surface area contributed by atoms with E-state index in [1.54, 1.807) is 0 Å². The fourth-order valence-corrected chi connectivity index (χ4v) is 5.79. The number of nitrogens with zero attached hydrogens (tertiary/aromatic N) is 6. The largest absolute Gasteiger partial charge is 0.478 e. The van der Waals surface area contributed by atoms with Crippen LogP contribution in [0.15, 0.2) is 34.6 Å². The van der Waals surface area contributed by atoms with E-state index in [0.717, 1.165) is 35.6 Å². The Hall–Kier alpha value is -4.10. The van der Waals surface area contributed by atoms with Crippen molar-refractivity contribution in [2.45, 2.75) is 45.4 Å². The molecule has 0 radical (unpaired) electrons. The maximum absolute atomic E-state index is 13.5. The van der Waals surface area contributed by atoms with Crippen LogP contribution in [0.4, 0.5) is 10.9 Å². The number of quaternary nitrogens is 1. The number of amides is 2. The van der Waals surface area contributed by atoms with E-state index in [9.17, 15) is 24.3 Å². The van der Waals surface area contributed by atoms with Crippen molar-refractivity contribution < 1.29 is 24.0 Å². The number of fused-ring (bicyclic) bond motifs is 1. The molecular formula is C31H42N7O5S+. The number of hydrogen-bond acceptors (Lipinski definition) is 8. The molecule has 0 unspecified atom stereocenters. The summed E-state index contributed by atoms with van der Waals surface area (Å²) in [6.45, 7) is 8.93. The van der Waals surface area contributed by atoms with Crippen LogP contribution in [0.2, 0.25) is 0 Å². The SMILES string of the molecule is CC(C)(C)c1csc(NC(=O)c2ccn3c(=O)c(C=CC(=O)O)c(N4CCN(C(=O)CCCC[N+](C)(C)C)CC4)nc3c2)n1. The van der Waals surface area contributed by atoms with E-state index in [-0.39, 0.29) is 28.4 Å². The molecule has 0 atom stereocenters. The number of anilines is 2. The molecule has 13 heteroatoms. The second-order valence-electron chi connectivity index (χ2n) is 13.1. The third-order valence-corrected chi connectivity index (χ3v) is 8.15. The van der Waals surface area contributed by atoms with Crippen LogP contribution >= 0.6 is 11.3 Å². The second kappa shape index (κ2) is 13.3. The van der Waals surface area contributed by atoms with Gasteiger partial charge >= 0.3 is 5.97 Å². The van der Waals surface area contributed by atoms with Crippen molar-refractivity contribution in [3.63, 3.8) is 0 Å². The molecular weight excluding hydrogens is 582 g/mol. The highest BCUT2D eigenvalue weighted by Crippen LogP contribution is 2.27. The van der Waals surface area contributed by atoms with Crippen LogP contribution in [-0.2, 0) is 15.0 Å². The fourth-order valence-electron chi connectivity index (χ4n) is 4.86. The average molecular weight is 625 g/mol. The predicted octanol–water partition coefficient (Wildman–Crippen LogP) is 3.32. The quantitative estimate of drug-likeness (QED) is 0.199. The molecule has 4 heterocycles. The van der Waals surface area contributed by atoms with Crippen LogP contribution < -0.4 is 15.8 Å². The Kier molecular flexibility index (Phi) is 9.89. The maximum atomic E-state index is 13.5. The number of piperazine rings is 1. The highest BCUT2D eigenvalue weighted by molar-refractivity contribution is 7.14. The van der Waals surface area contributed by atoms with Gasteiger partial charge < -0.3 is 19.4 Å². The monoisotopic (exact) mass is 624 g/mol. The number of hydrogen-bond donors (Lipinski definition) is 2. The van der Waals surface area contributed by atoms with E-state index in [1.807, 2.05) is 36.0 Å².